The highest BCUT2D eigenvalue weighted by molar-refractivity contribution is 6.04. The summed E-state index contributed by atoms with van der Waals surface area (Å²) < 4.78 is 4.41. The second-order valence-corrected chi connectivity index (χ2v) is 5.54. The van der Waals surface area contributed by atoms with Crippen molar-refractivity contribution in [2.75, 3.05) is 0 Å². The van der Waals surface area contributed by atoms with Crippen molar-refractivity contribution in [2.45, 2.75) is 40.0 Å². The summed E-state index contributed by atoms with van der Waals surface area (Å²) >= 11 is 0. The molecule has 1 N–H and O–H groups in total. The van der Waals surface area contributed by atoms with Gasteiger partial charge in [-0.05, 0) is 25.0 Å². The molecule has 0 aliphatic rings. The molecule has 3 aromatic heterocycles. The summed E-state index contributed by atoms with van der Waals surface area (Å²) in [7, 11) is 0. The fourth-order valence-electron chi connectivity index (χ4n) is 3.26. The largest absolute Gasteiger partial charge is 0.268 e. The molecular formula is C16H19N4+. The number of hydrogen-bond donors (Lipinski definition) is 1. The number of benzene rings is 1. The molecular weight excluding hydrogens is 248 g/mol. The SMILES string of the molecule is CCCc1ccc2[nH]n3c(C)c[n+]4c(CC)nc1c2c34. The summed E-state index contributed by atoms with van der Waals surface area (Å²) in [6, 6.07) is 4.41. The molecule has 0 aliphatic carbocycles. The van der Waals surface area contributed by atoms with Crippen LogP contribution in [0.1, 0.15) is 37.4 Å². The molecule has 0 radical (unpaired) electrons. The molecule has 0 fully saturated rings. The molecule has 0 amide bonds. The zero-order chi connectivity index (χ0) is 13.9. The molecule has 3 heterocycles. The van der Waals surface area contributed by atoms with Gasteiger partial charge in [0.1, 0.15) is 17.3 Å². The van der Waals surface area contributed by atoms with Crippen LogP contribution in [0.5, 0.6) is 0 Å². The van der Waals surface area contributed by atoms with Gasteiger partial charge >= 0.3 is 0 Å². The van der Waals surface area contributed by atoms with Crippen molar-refractivity contribution in [3.05, 3.63) is 35.4 Å². The fourth-order valence-corrected chi connectivity index (χ4v) is 3.26. The minimum absolute atomic E-state index is 0.941. The zero-order valence-electron chi connectivity index (χ0n) is 12.2. The number of nitrogens with one attached hydrogen (secondary N) is 1. The van der Waals surface area contributed by atoms with Crippen LogP contribution < -0.4 is 4.40 Å². The van der Waals surface area contributed by atoms with Crippen LogP contribution in [0.4, 0.5) is 0 Å². The van der Waals surface area contributed by atoms with Crippen LogP contribution in [0, 0.1) is 6.92 Å². The van der Waals surface area contributed by atoms with Crippen LogP contribution in [-0.2, 0) is 12.8 Å². The Kier molecular flexibility index (Phi) is 2.31. The maximum atomic E-state index is 4.96. The Morgan fingerprint density at radius 3 is 2.90 bits per heavy atom. The van der Waals surface area contributed by atoms with Gasteiger partial charge in [0, 0.05) is 6.42 Å². The molecule has 4 rings (SSSR count). The highest BCUT2D eigenvalue weighted by Gasteiger charge is 2.25. The number of aromatic amines is 1. The highest BCUT2D eigenvalue weighted by atomic mass is 15.3. The lowest BCUT2D eigenvalue weighted by atomic mass is 10.1. The van der Waals surface area contributed by atoms with E-state index >= 15 is 0 Å². The van der Waals surface area contributed by atoms with Crippen molar-refractivity contribution >= 4 is 22.1 Å². The number of aromatic nitrogens is 4. The lowest BCUT2D eigenvalue weighted by Crippen LogP contribution is -2.27. The second kappa shape index (κ2) is 3.95. The van der Waals surface area contributed by atoms with Gasteiger partial charge in [-0.3, -0.25) is 0 Å². The number of nitrogens with zero attached hydrogens (tertiary/aromatic N) is 3. The van der Waals surface area contributed by atoms with E-state index in [1.54, 1.807) is 0 Å². The van der Waals surface area contributed by atoms with Gasteiger partial charge in [0.2, 0.25) is 5.82 Å². The number of aryl methyl sites for hydroxylation is 3. The third-order valence-corrected chi connectivity index (χ3v) is 4.18. The summed E-state index contributed by atoms with van der Waals surface area (Å²) in [5.41, 5.74) is 6.15. The second-order valence-electron chi connectivity index (χ2n) is 5.54. The first kappa shape index (κ1) is 11.7. The molecule has 0 unspecified atom stereocenters. The molecule has 20 heavy (non-hydrogen) atoms. The Bertz CT molecular complexity index is 913. The van der Waals surface area contributed by atoms with E-state index in [9.17, 15) is 0 Å². The van der Waals surface area contributed by atoms with E-state index in [-0.39, 0.29) is 0 Å². The van der Waals surface area contributed by atoms with Crippen molar-refractivity contribution in [1.29, 1.82) is 0 Å². The summed E-state index contributed by atoms with van der Waals surface area (Å²) in [5.74, 6) is 1.13. The number of imidazole rings is 1. The smallest absolute Gasteiger partial charge is 0.246 e. The quantitative estimate of drug-likeness (QED) is 0.569. The first-order chi connectivity index (χ1) is 9.74. The van der Waals surface area contributed by atoms with Crippen LogP contribution >= 0.6 is 0 Å². The maximum absolute atomic E-state index is 4.96. The van der Waals surface area contributed by atoms with Gasteiger partial charge in [0.05, 0.1) is 5.52 Å². The standard InChI is InChI=1S/C16H18N4/c1-4-6-11-7-8-12-14-15(11)17-13(5-2)19-9-10(3)20(18-12)16(14)19/h7-9H,4-6H2,1-3H3/p+1. The van der Waals surface area contributed by atoms with Crippen molar-refractivity contribution in [1.82, 2.24) is 14.6 Å². The molecule has 0 saturated carbocycles. The molecule has 0 atom stereocenters. The minimum Gasteiger partial charge on any atom is -0.246 e. The Morgan fingerprint density at radius 1 is 1.30 bits per heavy atom. The third-order valence-electron chi connectivity index (χ3n) is 4.18. The van der Waals surface area contributed by atoms with Gasteiger partial charge in [-0.1, -0.05) is 26.3 Å². The number of hydrogen-bond acceptors (Lipinski definition) is 1. The summed E-state index contributed by atoms with van der Waals surface area (Å²) in [5, 5.41) is 4.75. The van der Waals surface area contributed by atoms with E-state index in [1.165, 1.54) is 33.3 Å². The molecule has 0 saturated heterocycles. The average molecular weight is 267 g/mol. The minimum atomic E-state index is 0.941. The van der Waals surface area contributed by atoms with Crippen molar-refractivity contribution in [3.8, 4) is 0 Å². The van der Waals surface area contributed by atoms with Gasteiger partial charge in [-0.25, -0.2) is 9.50 Å². The first-order valence-electron chi connectivity index (χ1n) is 7.39. The number of H-pyrrole nitrogens is 1. The molecule has 4 aromatic rings. The van der Waals surface area contributed by atoms with Gasteiger partial charge in [-0.15, -0.1) is 4.98 Å². The van der Waals surface area contributed by atoms with Gasteiger partial charge < -0.3 is 0 Å². The third kappa shape index (κ3) is 1.31. The van der Waals surface area contributed by atoms with E-state index in [0.717, 1.165) is 25.1 Å². The maximum Gasteiger partial charge on any atom is 0.268 e. The molecule has 0 aliphatic heterocycles. The summed E-state index contributed by atoms with van der Waals surface area (Å²) in [6.45, 7) is 6.52. The van der Waals surface area contributed by atoms with Crippen molar-refractivity contribution in [2.24, 2.45) is 0 Å². The Morgan fingerprint density at radius 2 is 2.15 bits per heavy atom. The Balaban J connectivity index is 2.26. The predicted octanol–water partition coefficient (Wildman–Crippen LogP) is 2.82. The normalized spacial score (nSPS) is 12.3. The Hall–Kier alpha value is -2.10. The van der Waals surface area contributed by atoms with Gasteiger partial charge in [0.25, 0.3) is 5.65 Å². The van der Waals surface area contributed by atoms with Gasteiger partial charge in [0.15, 0.2) is 5.52 Å². The first-order valence-corrected chi connectivity index (χ1v) is 7.39. The van der Waals surface area contributed by atoms with Crippen LogP contribution in [-0.4, -0.2) is 14.6 Å². The van der Waals surface area contributed by atoms with E-state index in [0.29, 0.717) is 0 Å². The van der Waals surface area contributed by atoms with Crippen LogP contribution in [0.2, 0.25) is 0 Å². The van der Waals surface area contributed by atoms with E-state index in [2.05, 4.69) is 53.1 Å². The molecule has 0 spiro atoms. The van der Waals surface area contributed by atoms with Crippen LogP contribution in [0.3, 0.4) is 0 Å². The summed E-state index contributed by atoms with van der Waals surface area (Å²) in [6.07, 6.45) is 5.35. The van der Waals surface area contributed by atoms with Crippen molar-refractivity contribution in [3.63, 3.8) is 0 Å². The van der Waals surface area contributed by atoms with E-state index < -0.39 is 0 Å². The summed E-state index contributed by atoms with van der Waals surface area (Å²) in [4.78, 5) is 4.96. The lowest BCUT2D eigenvalue weighted by Gasteiger charge is -2.03. The lowest BCUT2D eigenvalue weighted by molar-refractivity contribution is -0.523. The topological polar surface area (TPSA) is 37.2 Å². The zero-order valence-corrected chi connectivity index (χ0v) is 12.2. The molecule has 4 nitrogen and oxygen atoms in total. The van der Waals surface area contributed by atoms with Crippen LogP contribution in [0.15, 0.2) is 18.3 Å². The predicted molar refractivity (Wildman–Crippen MR) is 79.5 cm³/mol. The fraction of sp³-hybridized carbons (Fsp3) is 0.375. The monoisotopic (exact) mass is 267 g/mol. The average Bonchev–Trinajstić information content (AvgIpc) is 2.98. The highest BCUT2D eigenvalue weighted by Crippen LogP contribution is 2.27. The van der Waals surface area contributed by atoms with Crippen molar-refractivity contribution < 1.29 is 4.40 Å². The molecule has 1 aromatic carbocycles. The number of rotatable bonds is 3. The molecule has 0 bridgehead atoms. The molecule has 102 valence electrons. The van der Waals surface area contributed by atoms with Crippen LogP contribution in [0.25, 0.3) is 22.1 Å². The Labute approximate surface area is 117 Å². The van der Waals surface area contributed by atoms with E-state index in [4.69, 9.17) is 4.98 Å². The van der Waals surface area contributed by atoms with Gasteiger partial charge in [-0.2, -0.15) is 4.52 Å². The van der Waals surface area contributed by atoms with E-state index in [1.807, 2.05) is 0 Å². The molecule has 4 heteroatoms.